The van der Waals surface area contributed by atoms with Crippen LogP contribution >= 0.6 is 34.5 Å². The maximum Gasteiger partial charge on any atom is 0.286 e. The standard InChI is InChI=1S/C19H26Cl2N4OS/c1-14-17(19(26)23-24-11-5-3-6-12-24)22-25(13-7-2-4-10-20)18(14)15-8-9-16(21)27-15/h8-9H,2-7,10-13H2,1H3,(H,23,26). The molecule has 27 heavy (non-hydrogen) atoms. The van der Waals surface area contributed by atoms with Gasteiger partial charge in [-0.2, -0.15) is 5.10 Å². The second-order valence-electron chi connectivity index (χ2n) is 6.89. The fraction of sp³-hybridized carbons (Fsp3) is 0.579. The van der Waals surface area contributed by atoms with Gasteiger partial charge in [0.25, 0.3) is 5.91 Å². The van der Waals surface area contributed by atoms with Crippen LogP contribution in [0.15, 0.2) is 12.1 Å². The lowest BCUT2D eigenvalue weighted by Crippen LogP contribution is -2.45. The van der Waals surface area contributed by atoms with Gasteiger partial charge >= 0.3 is 0 Å². The number of nitrogens with one attached hydrogen (secondary N) is 1. The van der Waals surface area contributed by atoms with Gasteiger partial charge in [0.2, 0.25) is 0 Å². The zero-order chi connectivity index (χ0) is 19.2. The molecule has 0 aromatic carbocycles. The van der Waals surface area contributed by atoms with Crippen molar-refractivity contribution >= 4 is 40.4 Å². The van der Waals surface area contributed by atoms with Crippen LogP contribution in [0, 0.1) is 6.92 Å². The molecule has 1 saturated heterocycles. The number of aryl methyl sites for hydroxylation is 1. The molecule has 1 amide bonds. The third-order valence-electron chi connectivity index (χ3n) is 4.83. The summed E-state index contributed by atoms with van der Waals surface area (Å²) in [5.74, 6) is 0.549. The van der Waals surface area contributed by atoms with Crippen molar-refractivity contribution < 1.29 is 4.79 Å². The van der Waals surface area contributed by atoms with E-state index in [0.717, 1.165) is 72.2 Å². The maximum absolute atomic E-state index is 12.8. The van der Waals surface area contributed by atoms with Gasteiger partial charge < -0.3 is 0 Å². The van der Waals surface area contributed by atoms with E-state index in [1.165, 1.54) is 17.8 Å². The Morgan fingerprint density at radius 3 is 2.67 bits per heavy atom. The van der Waals surface area contributed by atoms with Crippen molar-refractivity contribution in [2.75, 3.05) is 19.0 Å². The predicted molar refractivity (Wildman–Crippen MR) is 113 cm³/mol. The molecule has 1 aliphatic rings. The summed E-state index contributed by atoms with van der Waals surface area (Å²) in [7, 11) is 0. The first-order valence-electron chi connectivity index (χ1n) is 9.55. The van der Waals surface area contributed by atoms with Crippen LogP contribution < -0.4 is 5.43 Å². The van der Waals surface area contributed by atoms with Crippen molar-refractivity contribution in [2.45, 2.75) is 52.0 Å². The van der Waals surface area contributed by atoms with Gasteiger partial charge in [0.05, 0.1) is 14.9 Å². The van der Waals surface area contributed by atoms with Crippen molar-refractivity contribution in [3.63, 3.8) is 0 Å². The van der Waals surface area contributed by atoms with Gasteiger partial charge in [-0.1, -0.05) is 24.4 Å². The van der Waals surface area contributed by atoms with Crippen LogP contribution in [0.3, 0.4) is 0 Å². The Balaban J connectivity index is 1.82. The van der Waals surface area contributed by atoms with Gasteiger partial charge in [-0.25, -0.2) is 5.01 Å². The molecular weight excluding hydrogens is 403 g/mol. The van der Waals surface area contributed by atoms with Crippen LogP contribution in [0.4, 0.5) is 0 Å². The molecule has 5 nitrogen and oxygen atoms in total. The number of amides is 1. The van der Waals surface area contributed by atoms with E-state index in [1.807, 2.05) is 28.7 Å². The van der Waals surface area contributed by atoms with E-state index < -0.39 is 0 Å². The largest absolute Gasteiger partial charge is 0.286 e. The molecule has 8 heteroatoms. The fourth-order valence-electron chi connectivity index (χ4n) is 3.42. The highest BCUT2D eigenvalue weighted by atomic mass is 35.5. The number of hydrogen-bond acceptors (Lipinski definition) is 4. The van der Waals surface area contributed by atoms with E-state index in [4.69, 9.17) is 23.2 Å². The number of alkyl halides is 1. The summed E-state index contributed by atoms with van der Waals surface area (Å²) < 4.78 is 2.69. The minimum absolute atomic E-state index is 0.127. The Morgan fingerprint density at radius 2 is 2.00 bits per heavy atom. The number of thiophene rings is 1. The van der Waals surface area contributed by atoms with E-state index in [2.05, 4.69) is 10.5 Å². The lowest BCUT2D eigenvalue weighted by Gasteiger charge is -2.26. The number of aromatic nitrogens is 2. The number of halogens is 2. The minimum Gasteiger partial charge on any atom is -0.283 e. The number of nitrogens with zero attached hydrogens (tertiary/aromatic N) is 3. The first-order chi connectivity index (χ1) is 13.1. The predicted octanol–water partition coefficient (Wildman–Crippen LogP) is 5.11. The summed E-state index contributed by atoms with van der Waals surface area (Å²) in [6, 6.07) is 3.89. The van der Waals surface area contributed by atoms with Gasteiger partial charge in [0.15, 0.2) is 5.69 Å². The lowest BCUT2D eigenvalue weighted by molar-refractivity contribution is 0.0743. The van der Waals surface area contributed by atoms with Gasteiger partial charge in [-0.3, -0.25) is 14.9 Å². The SMILES string of the molecule is Cc1c(C(=O)NN2CCCCC2)nn(CCCCCCl)c1-c1ccc(Cl)s1. The molecule has 3 heterocycles. The van der Waals surface area contributed by atoms with Crippen molar-refractivity contribution in [3.05, 3.63) is 27.7 Å². The molecule has 1 fully saturated rings. The van der Waals surface area contributed by atoms with Crippen LogP contribution in [0.5, 0.6) is 0 Å². The molecule has 2 aromatic rings. The molecule has 0 unspecified atom stereocenters. The van der Waals surface area contributed by atoms with Crippen molar-refractivity contribution in [1.29, 1.82) is 0 Å². The second-order valence-corrected chi connectivity index (χ2v) is 8.98. The number of piperidine rings is 1. The first-order valence-corrected chi connectivity index (χ1v) is 11.3. The summed E-state index contributed by atoms with van der Waals surface area (Å²) in [5.41, 5.74) is 5.42. The summed E-state index contributed by atoms with van der Waals surface area (Å²) in [4.78, 5) is 13.9. The monoisotopic (exact) mass is 428 g/mol. The Bertz CT molecular complexity index is 768. The van der Waals surface area contributed by atoms with E-state index >= 15 is 0 Å². The summed E-state index contributed by atoms with van der Waals surface area (Å²) in [5, 5.41) is 6.67. The Labute approximate surface area is 174 Å². The molecule has 0 saturated carbocycles. The highest BCUT2D eigenvalue weighted by molar-refractivity contribution is 7.19. The van der Waals surface area contributed by atoms with Crippen LogP contribution in [0.1, 0.15) is 54.6 Å². The van der Waals surface area contributed by atoms with Gasteiger partial charge in [-0.15, -0.1) is 22.9 Å². The number of unbranched alkanes of at least 4 members (excludes halogenated alkanes) is 2. The second kappa shape index (κ2) is 9.92. The molecule has 3 rings (SSSR count). The lowest BCUT2D eigenvalue weighted by atomic mass is 10.1. The van der Waals surface area contributed by atoms with Crippen molar-refractivity contribution in [3.8, 4) is 10.6 Å². The number of carbonyl (C=O) groups excluding carboxylic acids is 1. The quantitative estimate of drug-likeness (QED) is 0.469. The number of rotatable bonds is 8. The molecule has 0 spiro atoms. The number of hydrogen-bond donors (Lipinski definition) is 1. The number of carbonyl (C=O) groups is 1. The topological polar surface area (TPSA) is 50.2 Å². The zero-order valence-electron chi connectivity index (χ0n) is 15.6. The molecule has 1 N–H and O–H groups in total. The van der Waals surface area contributed by atoms with E-state index in [0.29, 0.717) is 11.6 Å². The minimum atomic E-state index is -0.127. The Kier molecular flexibility index (Phi) is 7.58. The third-order valence-corrected chi connectivity index (χ3v) is 6.34. The van der Waals surface area contributed by atoms with E-state index in [-0.39, 0.29) is 5.91 Å². The molecule has 0 aliphatic carbocycles. The Hall–Kier alpha value is -1.08. The molecule has 0 atom stereocenters. The molecule has 0 bridgehead atoms. The smallest absolute Gasteiger partial charge is 0.283 e. The first kappa shape index (κ1) is 20.6. The normalized spacial score (nSPS) is 15.2. The van der Waals surface area contributed by atoms with Crippen molar-refractivity contribution in [1.82, 2.24) is 20.2 Å². The third kappa shape index (κ3) is 5.25. The average molecular weight is 429 g/mol. The summed E-state index contributed by atoms with van der Waals surface area (Å²) in [6.07, 6.45) is 6.48. The molecule has 0 radical (unpaired) electrons. The molecule has 148 valence electrons. The number of hydrazine groups is 1. The van der Waals surface area contributed by atoms with Gasteiger partial charge in [0.1, 0.15) is 0 Å². The average Bonchev–Trinajstić information content (AvgIpc) is 3.22. The van der Waals surface area contributed by atoms with Gasteiger partial charge in [-0.05, 0) is 44.7 Å². The highest BCUT2D eigenvalue weighted by Gasteiger charge is 2.23. The fourth-order valence-corrected chi connectivity index (χ4v) is 4.76. The molecule has 1 aliphatic heterocycles. The molecular formula is C19H26Cl2N4OS. The van der Waals surface area contributed by atoms with E-state index in [1.54, 1.807) is 0 Å². The van der Waals surface area contributed by atoms with Crippen LogP contribution in [0.25, 0.3) is 10.6 Å². The van der Waals surface area contributed by atoms with Gasteiger partial charge in [0, 0.05) is 31.1 Å². The highest BCUT2D eigenvalue weighted by Crippen LogP contribution is 2.34. The Morgan fingerprint density at radius 1 is 1.22 bits per heavy atom. The van der Waals surface area contributed by atoms with Crippen LogP contribution in [0.2, 0.25) is 4.34 Å². The van der Waals surface area contributed by atoms with Crippen LogP contribution in [-0.4, -0.2) is 39.7 Å². The van der Waals surface area contributed by atoms with Crippen LogP contribution in [-0.2, 0) is 6.54 Å². The van der Waals surface area contributed by atoms with Crippen molar-refractivity contribution in [2.24, 2.45) is 0 Å². The maximum atomic E-state index is 12.8. The summed E-state index contributed by atoms with van der Waals surface area (Å²) >= 11 is 13.4. The zero-order valence-corrected chi connectivity index (χ0v) is 18.0. The molecule has 2 aromatic heterocycles. The summed E-state index contributed by atoms with van der Waals surface area (Å²) in [6.45, 7) is 4.53. The van der Waals surface area contributed by atoms with E-state index in [9.17, 15) is 4.79 Å².